The zero-order valence-corrected chi connectivity index (χ0v) is 12.1. The Hall–Kier alpha value is -2.24. The minimum Gasteiger partial charge on any atom is -0.497 e. The number of methoxy groups -OCH3 is 1. The second-order valence-corrected chi connectivity index (χ2v) is 5.15. The van der Waals surface area contributed by atoms with Crippen molar-refractivity contribution in [3.8, 4) is 11.5 Å². The van der Waals surface area contributed by atoms with Crippen molar-refractivity contribution in [3.05, 3.63) is 23.8 Å². The molecule has 6 nitrogen and oxygen atoms in total. The Morgan fingerprint density at radius 3 is 2.71 bits per heavy atom. The molecule has 1 aliphatic carbocycles. The van der Waals surface area contributed by atoms with Crippen LogP contribution < -0.4 is 14.8 Å². The van der Waals surface area contributed by atoms with Gasteiger partial charge in [-0.1, -0.05) is 0 Å². The van der Waals surface area contributed by atoms with Crippen LogP contribution in [0.25, 0.3) is 0 Å². The molecule has 1 saturated carbocycles. The number of carbonyl (C=O) groups excluding carboxylic acids is 1. The maximum Gasteiger partial charge on any atom is 0.339 e. The van der Waals surface area contributed by atoms with Gasteiger partial charge in [0.1, 0.15) is 17.1 Å². The molecule has 0 radical (unpaired) electrons. The SMILES string of the molecule is COc1ccc(OCC(=O)N[C@@H](C)C2CC2)c(C(=O)O)c1. The summed E-state index contributed by atoms with van der Waals surface area (Å²) in [5, 5.41) is 12.0. The summed E-state index contributed by atoms with van der Waals surface area (Å²) in [4.78, 5) is 22.9. The fraction of sp³-hybridized carbons (Fsp3) is 0.467. The number of hydrogen-bond acceptors (Lipinski definition) is 4. The van der Waals surface area contributed by atoms with Crippen LogP contribution in [0.3, 0.4) is 0 Å². The van der Waals surface area contributed by atoms with Gasteiger partial charge in [0.25, 0.3) is 5.91 Å². The van der Waals surface area contributed by atoms with Crippen LogP contribution in [0.2, 0.25) is 0 Å². The van der Waals surface area contributed by atoms with Gasteiger partial charge in [0.05, 0.1) is 7.11 Å². The smallest absolute Gasteiger partial charge is 0.339 e. The summed E-state index contributed by atoms with van der Waals surface area (Å²) < 4.78 is 10.3. The Morgan fingerprint density at radius 1 is 1.43 bits per heavy atom. The topological polar surface area (TPSA) is 84.9 Å². The first-order chi connectivity index (χ1) is 10.0. The first-order valence-corrected chi connectivity index (χ1v) is 6.84. The molecule has 21 heavy (non-hydrogen) atoms. The summed E-state index contributed by atoms with van der Waals surface area (Å²) in [6, 6.07) is 4.57. The van der Waals surface area contributed by atoms with Crippen molar-refractivity contribution < 1.29 is 24.2 Å². The first-order valence-electron chi connectivity index (χ1n) is 6.84. The summed E-state index contributed by atoms with van der Waals surface area (Å²) in [6.45, 7) is 1.76. The number of amides is 1. The van der Waals surface area contributed by atoms with Gasteiger partial charge in [0.15, 0.2) is 6.61 Å². The lowest BCUT2D eigenvalue weighted by molar-refractivity contribution is -0.123. The van der Waals surface area contributed by atoms with Crippen molar-refractivity contribution in [2.45, 2.75) is 25.8 Å². The highest BCUT2D eigenvalue weighted by Gasteiger charge is 2.28. The van der Waals surface area contributed by atoms with Crippen LogP contribution in [0.15, 0.2) is 18.2 Å². The van der Waals surface area contributed by atoms with E-state index in [-0.39, 0.29) is 29.9 Å². The monoisotopic (exact) mass is 293 g/mol. The van der Waals surface area contributed by atoms with Gasteiger partial charge in [-0.25, -0.2) is 4.79 Å². The van der Waals surface area contributed by atoms with E-state index >= 15 is 0 Å². The number of nitrogens with one attached hydrogen (secondary N) is 1. The number of ether oxygens (including phenoxy) is 2. The molecule has 1 fully saturated rings. The summed E-state index contributed by atoms with van der Waals surface area (Å²) >= 11 is 0. The number of carboxylic acid groups (broad SMARTS) is 1. The Kier molecular flexibility index (Phi) is 4.67. The average molecular weight is 293 g/mol. The first kappa shape index (κ1) is 15.2. The molecule has 0 unspecified atom stereocenters. The normalized spacial score (nSPS) is 15.1. The molecular formula is C15H19NO5. The van der Waals surface area contributed by atoms with Gasteiger partial charge in [-0.3, -0.25) is 4.79 Å². The lowest BCUT2D eigenvalue weighted by Crippen LogP contribution is -2.37. The third-order valence-electron chi connectivity index (χ3n) is 3.49. The summed E-state index contributed by atoms with van der Waals surface area (Å²) in [7, 11) is 1.45. The van der Waals surface area contributed by atoms with Crippen LogP contribution in [0.5, 0.6) is 11.5 Å². The quantitative estimate of drug-likeness (QED) is 0.799. The average Bonchev–Trinajstić information content (AvgIpc) is 3.29. The standard InChI is InChI=1S/C15H19NO5/c1-9(10-3-4-10)16-14(17)8-21-13-6-5-11(20-2)7-12(13)15(18)19/h5-7,9-10H,3-4,8H2,1-2H3,(H,16,17)(H,18,19)/t9-/m0/s1. The van der Waals surface area contributed by atoms with E-state index in [1.807, 2.05) is 6.92 Å². The Bertz CT molecular complexity index is 539. The molecule has 1 aromatic carbocycles. The molecule has 1 atom stereocenters. The predicted molar refractivity (Wildman–Crippen MR) is 75.8 cm³/mol. The van der Waals surface area contributed by atoms with Crippen molar-refractivity contribution in [1.29, 1.82) is 0 Å². The molecule has 0 spiro atoms. The molecule has 0 aromatic heterocycles. The second-order valence-electron chi connectivity index (χ2n) is 5.15. The van der Waals surface area contributed by atoms with Crippen molar-refractivity contribution >= 4 is 11.9 Å². The van der Waals surface area contributed by atoms with Gasteiger partial charge in [-0.15, -0.1) is 0 Å². The van der Waals surface area contributed by atoms with Crippen LogP contribution in [0.1, 0.15) is 30.1 Å². The van der Waals surface area contributed by atoms with Crippen molar-refractivity contribution in [1.82, 2.24) is 5.32 Å². The molecule has 2 rings (SSSR count). The molecule has 1 amide bonds. The molecule has 0 aliphatic heterocycles. The van der Waals surface area contributed by atoms with Crippen molar-refractivity contribution in [2.24, 2.45) is 5.92 Å². The van der Waals surface area contributed by atoms with Gasteiger partial charge in [0, 0.05) is 6.04 Å². The molecule has 2 N–H and O–H groups in total. The van der Waals surface area contributed by atoms with E-state index in [2.05, 4.69) is 5.32 Å². The summed E-state index contributed by atoms with van der Waals surface area (Å²) in [5.41, 5.74) is -0.0302. The number of carbonyl (C=O) groups is 2. The van der Waals surface area contributed by atoms with Gasteiger partial charge in [-0.2, -0.15) is 0 Å². The number of carboxylic acids is 1. The van der Waals surface area contributed by atoms with Gasteiger partial charge in [-0.05, 0) is 43.9 Å². The van der Waals surface area contributed by atoms with Crippen LogP contribution in [-0.2, 0) is 4.79 Å². The van der Waals surface area contributed by atoms with Crippen LogP contribution in [-0.4, -0.2) is 36.7 Å². The molecule has 1 aliphatic rings. The van der Waals surface area contributed by atoms with Gasteiger partial charge in [0.2, 0.25) is 0 Å². The Labute approximate surface area is 123 Å². The molecular weight excluding hydrogens is 274 g/mol. The van der Waals surface area contributed by atoms with E-state index in [0.717, 1.165) is 12.8 Å². The lowest BCUT2D eigenvalue weighted by Gasteiger charge is -2.14. The van der Waals surface area contributed by atoms with E-state index in [1.54, 1.807) is 6.07 Å². The minimum absolute atomic E-state index is 0.0302. The van der Waals surface area contributed by atoms with Gasteiger partial charge >= 0.3 is 5.97 Å². The Balaban J connectivity index is 1.95. The lowest BCUT2D eigenvalue weighted by atomic mass is 10.2. The summed E-state index contributed by atoms with van der Waals surface area (Å²) in [6.07, 6.45) is 2.29. The maximum atomic E-state index is 11.8. The fourth-order valence-electron chi connectivity index (χ4n) is 2.08. The van der Waals surface area contributed by atoms with Crippen LogP contribution in [0, 0.1) is 5.92 Å². The highest BCUT2D eigenvalue weighted by Crippen LogP contribution is 2.32. The van der Waals surface area contributed by atoms with Gasteiger partial charge < -0.3 is 19.9 Å². The van der Waals surface area contributed by atoms with E-state index in [0.29, 0.717) is 11.7 Å². The highest BCUT2D eigenvalue weighted by molar-refractivity contribution is 5.91. The largest absolute Gasteiger partial charge is 0.497 e. The van der Waals surface area contributed by atoms with Crippen LogP contribution >= 0.6 is 0 Å². The van der Waals surface area contributed by atoms with E-state index in [9.17, 15) is 9.59 Å². The fourth-order valence-corrected chi connectivity index (χ4v) is 2.08. The van der Waals surface area contributed by atoms with Crippen LogP contribution in [0.4, 0.5) is 0 Å². The number of hydrogen-bond donors (Lipinski definition) is 2. The zero-order valence-electron chi connectivity index (χ0n) is 12.1. The molecule has 0 bridgehead atoms. The van der Waals surface area contributed by atoms with Crippen molar-refractivity contribution in [2.75, 3.05) is 13.7 Å². The molecule has 6 heteroatoms. The van der Waals surface area contributed by atoms with Crippen molar-refractivity contribution in [3.63, 3.8) is 0 Å². The van der Waals surface area contributed by atoms with E-state index in [1.165, 1.54) is 19.2 Å². The molecule has 0 heterocycles. The number of rotatable bonds is 7. The minimum atomic E-state index is -1.13. The maximum absolute atomic E-state index is 11.8. The molecule has 0 saturated heterocycles. The number of benzene rings is 1. The van der Waals surface area contributed by atoms with E-state index < -0.39 is 5.97 Å². The summed E-state index contributed by atoms with van der Waals surface area (Å²) in [5.74, 6) is -0.245. The Morgan fingerprint density at radius 2 is 2.14 bits per heavy atom. The third-order valence-corrected chi connectivity index (χ3v) is 3.49. The van der Waals surface area contributed by atoms with E-state index in [4.69, 9.17) is 14.6 Å². The third kappa shape index (κ3) is 4.11. The molecule has 1 aromatic rings. The second kappa shape index (κ2) is 6.47. The molecule has 114 valence electrons. The zero-order chi connectivity index (χ0) is 15.4. The highest BCUT2D eigenvalue weighted by atomic mass is 16.5. The number of aromatic carboxylic acids is 1. The predicted octanol–water partition coefficient (Wildman–Crippen LogP) is 1.69.